The second-order valence-corrected chi connectivity index (χ2v) is 5.99. The molecule has 2 nitrogen and oxygen atoms in total. The van der Waals surface area contributed by atoms with E-state index in [2.05, 4.69) is 12.1 Å². The van der Waals surface area contributed by atoms with Crippen LogP contribution in [-0.2, 0) is 0 Å². The lowest BCUT2D eigenvalue weighted by molar-refractivity contribution is 0.355. The smallest absolute Gasteiger partial charge is 0.0595 e. The van der Waals surface area contributed by atoms with Crippen molar-refractivity contribution in [1.82, 2.24) is 5.06 Å². The number of likely N-dealkylation sites (N-methyl/N-ethyl adjacent to an activating group) is 1. The van der Waals surface area contributed by atoms with Crippen LogP contribution >= 0.6 is 23.2 Å². The fourth-order valence-electron chi connectivity index (χ4n) is 2.86. The molecule has 108 valence electrons. The van der Waals surface area contributed by atoms with E-state index in [0.717, 1.165) is 21.8 Å². The van der Waals surface area contributed by atoms with Crippen molar-refractivity contribution in [2.45, 2.75) is 12.0 Å². The van der Waals surface area contributed by atoms with Crippen LogP contribution in [0.2, 0.25) is 10.0 Å². The number of rotatable bonds is 2. The van der Waals surface area contributed by atoms with Gasteiger partial charge in [-0.2, -0.15) is 0 Å². The summed E-state index contributed by atoms with van der Waals surface area (Å²) in [4.78, 5) is 0. The summed E-state index contributed by atoms with van der Waals surface area (Å²) >= 11 is 12.1. The molecule has 0 N–H and O–H groups in total. The van der Waals surface area contributed by atoms with Gasteiger partial charge in [0, 0.05) is 12.0 Å². The van der Waals surface area contributed by atoms with Gasteiger partial charge in [0.2, 0.25) is 0 Å². The van der Waals surface area contributed by atoms with Gasteiger partial charge in [-0.25, -0.2) is 0 Å². The zero-order valence-electron chi connectivity index (χ0n) is 11.5. The molecule has 0 heterocycles. The predicted octanol–water partition coefficient (Wildman–Crippen LogP) is 4.95. The molecule has 0 bridgehead atoms. The van der Waals surface area contributed by atoms with Crippen molar-refractivity contribution in [2.24, 2.45) is 0 Å². The van der Waals surface area contributed by atoms with Crippen molar-refractivity contribution >= 4 is 29.3 Å². The molecular formula is C17H14Cl2NO-. The second kappa shape index (κ2) is 5.82. The van der Waals surface area contributed by atoms with E-state index >= 15 is 0 Å². The minimum absolute atomic E-state index is 0.0523. The molecule has 2 aromatic carbocycles. The Morgan fingerprint density at radius 3 is 2.52 bits per heavy atom. The number of hydroxylamine groups is 2. The second-order valence-electron chi connectivity index (χ2n) is 5.18. The van der Waals surface area contributed by atoms with E-state index < -0.39 is 0 Å². The highest BCUT2D eigenvalue weighted by Gasteiger charge is 2.27. The first kappa shape index (κ1) is 14.6. The number of nitrogens with zero attached hydrogens (tertiary/aromatic N) is 1. The Hall–Kier alpha value is -1.32. The Morgan fingerprint density at radius 2 is 1.81 bits per heavy atom. The largest absolute Gasteiger partial charge is 0.785 e. The topological polar surface area (TPSA) is 26.3 Å². The lowest BCUT2D eigenvalue weighted by Crippen LogP contribution is -2.33. The van der Waals surface area contributed by atoms with E-state index in [1.165, 1.54) is 0 Å². The Bertz CT molecular complexity index is 697. The van der Waals surface area contributed by atoms with Gasteiger partial charge in [0.25, 0.3) is 0 Å². The molecule has 0 spiro atoms. The molecule has 21 heavy (non-hydrogen) atoms. The fourth-order valence-corrected chi connectivity index (χ4v) is 3.16. The quantitative estimate of drug-likeness (QED) is 0.732. The third-order valence-electron chi connectivity index (χ3n) is 3.87. The first-order chi connectivity index (χ1) is 10.1. The molecule has 0 fully saturated rings. The molecule has 0 radical (unpaired) electrons. The summed E-state index contributed by atoms with van der Waals surface area (Å²) in [6.45, 7) is 0. The number of hydrogen-bond acceptors (Lipinski definition) is 2. The molecule has 2 aromatic rings. The van der Waals surface area contributed by atoms with Crippen molar-refractivity contribution in [2.75, 3.05) is 7.05 Å². The van der Waals surface area contributed by atoms with Crippen molar-refractivity contribution in [3.05, 3.63) is 80.5 Å². The Labute approximate surface area is 134 Å². The minimum Gasteiger partial charge on any atom is -0.785 e. The number of halogens is 2. The van der Waals surface area contributed by atoms with Crippen LogP contribution in [0.1, 0.15) is 22.6 Å². The van der Waals surface area contributed by atoms with E-state index in [1.807, 2.05) is 36.4 Å². The van der Waals surface area contributed by atoms with E-state index in [0.29, 0.717) is 10.0 Å². The monoisotopic (exact) mass is 318 g/mol. The van der Waals surface area contributed by atoms with Gasteiger partial charge in [0.05, 0.1) is 10.0 Å². The van der Waals surface area contributed by atoms with E-state index in [4.69, 9.17) is 23.2 Å². The third kappa shape index (κ3) is 2.72. The van der Waals surface area contributed by atoms with E-state index in [1.54, 1.807) is 13.1 Å². The van der Waals surface area contributed by atoms with Gasteiger partial charge in [-0.15, -0.1) is 0 Å². The summed E-state index contributed by atoms with van der Waals surface area (Å²) in [5.74, 6) is -0.0523. The first-order valence-electron chi connectivity index (χ1n) is 6.70. The third-order valence-corrected chi connectivity index (χ3v) is 4.61. The van der Waals surface area contributed by atoms with Crippen LogP contribution in [0.5, 0.6) is 0 Å². The Balaban J connectivity index is 2.15. The summed E-state index contributed by atoms with van der Waals surface area (Å²) in [5.41, 5.74) is 3.26. The average molecular weight is 319 g/mol. The lowest BCUT2D eigenvalue weighted by atomic mass is 9.79. The van der Waals surface area contributed by atoms with Gasteiger partial charge in [-0.3, -0.25) is 0 Å². The van der Waals surface area contributed by atoms with Gasteiger partial charge < -0.3 is 10.3 Å². The molecule has 2 atom stereocenters. The molecule has 0 aliphatic heterocycles. The van der Waals surface area contributed by atoms with Crippen molar-refractivity contribution in [1.29, 1.82) is 0 Å². The van der Waals surface area contributed by atoms with E-state index in [-0.39, 0.29) is 12.0 Å². The maximum atomic E-state index is 12.0. The maximum Gasteiger partial charge on any atom is 0.0595 e. The highest BCUT2D eigenvalue weighted by molar-refractivity contribution is 6.42. The van der Waals surface area contributed by atoms with Crippen LogP contribution in [0, 0.1) is 5.21 Å². The predicted molar refractivity (Wildman–Crippen MR) is 88.7 cm³/mol. The SMILES string of the molecule is CN([O-])C1C=Cc2ccccc2C1c1ccc(Cl)c(Cl)c1. The highest BCUT2D eigenvalue weighted by atomic mass is 35.5. The molecule has 0 saturated carbocycles. The molecular weight excluding hydrogens is 305 g/mol. The van der Waals surface area contributed by atoms with Gasteiger partial charge in [0.15, 0.2) is 0 Å². The van der Waals surface area contributed by atoms with Crippen molar-refractivity contribution in [3.63, 3.8) is 0 Å². The summed E-state index contributed by atoms with van der Waals surface area (Å²) in [5, 5.41) is 14.0. The Morgan fingerprint density at radius 1 is 1.05 bits per heavy atom. The maximum absolute atomic E-state index is 12.0. The van der Waals surface area contributed by atoms with Crippen LogP contribution in [0.25, 0.3) is 6.08 Å². The van der Waals surface area contributed by atoms with Crippen LogP contribution in [0.15, 0.2) is 48.5 Å². The van der Waals surface area contributed by atoms with Crippen LogP contribution < -0.4 is 0 Å². The molecule has 4 heteroatoms. The van der Waals surface area contributed by atoms with Crippen molar-refractivity contribution in [3.8, 4) is 0 Å². The van der Waals surface area contributed by atoms with Crippen molar-refractivity contribution < 1.29 is 0 Å². The summed E-state index contributed by atoms with van der Waals surface area (Å²) in [6, 6.07) is 13.4. The number of fused-ring (bicyclic) bond motifs is 1. The molecule has 0 aromatic heterocycles. The molecule has 1 aliphatic carbocycles. The molecule has 2 unspecified atom stereocenters. The zero-order valence-corrected chi connectivity index (χ0v) is 13.0. The molecule has 1 aliphatic rings. The normalized spacial score (nSPS) is 20.6. The molecule has 0 amide bonds. The standard InChI is InChI=1S/C17H14Cl2NO/c1-20(21)16-9-7-11-4-2-3-5-13(11)17(16)12-6-8-14(18)15(19)10-12/h2-10,16-17H,1H3/q-1. The molecule has 3 rings (SSSR count). The van der Waals surface area contributed by atoms with Gasteiger partial charge >= 0.3 is 0 Å². The number of benzene rings is 2. The van der Waals surface area contributed by atoms with Crippen LogP contribution in [0.4, 0.5) is 0 Å². The molecule has 0 saturated heterocycles. The first-order valence-corrected chi connectivity index (χ1v) is 7.45. The highest BCUT2D eigenvalue weighted by Crippen LogP contribution is 2.39. The summed E-state index contributed by atoms with van der Waals surface area (Å²) in [6.07, 6.45) is 3.95. The summed E-state index contributed by atoms with van der Waals surface area (Å²) in [7, 11) is 1.55. The summed E-state index contributed by atoms with van der Waals surface area (Å²) < 4.78 is 0. The number of hydrogen-bond donors (Lipinski definition) is 0. The fraction of sp³-hybridized carbons (Fsp3) is 0.176. The van der Waals surface area contributed by atoms with Crippen LogP contribution in [-0.4, -0.2) is 18.2 Å². The Kier molecular flexibility index (Phi) is 4.05. The lowest BCUT2D eigenvalue weighted by Gasteiger charge is -2.40. The van der Waals surface area contributed by atoms with Gasteiger partial charge in [0.1, 0.15) is 0 Å². The van der Waals surface area contributed by atoms with E-state index in [9.17, 15) is 5.21 Å². The van der Waals surface area contributed by atoms with Gasteiger partial charge in [-0.05, 0) is 35.9 Å². The zero-order chi connectivity index (χ0) is 15.0. The minimum atomic E-state index is -0.253. The van der Waals surface area contributed by atoms with Gasteiger partial charge in [-0.1, -0.05) is 65.7 Å². The van der Waals surface area contributed by atoms with Crippen LogP contribution in [0.3, 0.4) is 0 Å². The average Bonchev–Trinajstić information content (AvgIpc) is 2.49.